The summed E-state index contributed by atoms with van der Waals surface area (Å²) >= 11 is 5.01. The molecule has 2 N–H and O–H groups in total. The molecule has 0 aliphatic rings. The largest absolute Gasteiger partial charge is 0.346 e. The molecule has 0 spiro atoms. The number of rotatable bonds is 3. The fourth-order valence-electron chi connectivity index (χ4n) is 2.00. The zero-order chi connectivity index (χ0) is 14.1. The van der Waals surface area contributed by atoms with Crippen LogP contribution in [0.5, 0.6) is 0 Å². The first-order valence-electron chi connectivity index (χ1n) is 6.10. The van der Waals surface area contributed by atoms with Crippen molar-refractivity contribution in [1.29, 1.82) is 0 Å². The number of hydrogen-bond acceptors (Lipinski definition) is 3. The van der Waals surface area contributed by atoms with E-state index in [2.05, 4.69) is 31.4 Å². The van der Waals surface area contributed by atoms with Crippen LogP contribution in [-0.4, -0.2) is 16.1 Å². The number of carbonyl (C=O) groups excluding carboxylic acids is 1. The van der Waals surface area contributed by atoms with Crippen LogP contribution in [-0.2, 0) is 6.54 Å². The van der Waals surface area contributed by atoms with Gasteiger partial charge in [-0.05, 0) is 47.1 Å². The average molecular weight is 350 g/mol. The van der Waals surface area contributed by atoms with Crippen molar-refractivity contribution in [2.24, 2.45) is 0 Å². The predicted molar refractivity (Wildman–Crippen MR) is 84.0 cm³/mol. The second-order valence-electron chi connectivity index (χ2n) is 4.51. The molecule has 1 amide bonds. The molecule has 20 heavy (non-hydrogen) atoms. The highest BCUT2D eigenvalue weighted by atomic mass is 79.9. The molecule has 1 aromatic carbocycles. The standard InChI is InChI=1S/C14H12BrN3OS/c1-8-2-4-11-10(6-8)13(18-17-11)14(19)16-7-9-3-5-12(15)20-9/h2-6H,7H2,1H3,(H,16,19)(H,17,18). The molecule has 3 rings (SSSR count). The van der Waals surface area contributed by atoms with Crippen molar-refractivity contribution in [3.8, 4) is 0 Å². The van der Waals surface area contributed by atoms with Crippen LogP contribution in [0.25, 0.3) is 10.9 Å². The lowest BCUT2D eigenvalue weighted by atomic mass is 10.1. The first-order chi connectivity index (χ1) is 9.63. The zero-order valence-corrected chi connectivity index (χ0v) is 13.1. The van der Waals surface area contributed by atoms with E-state index in [-0.39, 0.29) is 5.91 Å². The Kier molecular flexibility index (Phi) is 3.58. The Morgan fingerprint density at radius 2 is 2.25 bits per heavy atom. The van der Waals surface area contributed by atoms with Crippen LogP contribution in [0.15, 0.2) is 34.1 Å². The van der Waals surface area contributed by atoms with Crippen LogP contribution in [0.2, 0.25) is 0 Å². The number of thiophene rings is 1. The van der Waals surface area contributed by atoms with Gasteiger partial charge in [0, 0.05) is 10.3 Å². The van der Waals surface area contributed by atoms with E-state index < -0.39 is 0 Å². The van der Waals surface area contributed by atoms with Crippen molar-refractivity contribution in [2.45, 2.75) is 13.5 Å². The number of halogens is 1. The van der Waals surface area contributed by atoms with E-state index in [0.29, 0.717) is 12.2 Å². The van der Waals surface area contributed by atoms with Crippen molar-refractivity contribution in [3.63, 3.8) is 0 Å². The summed E-state index contributed by atoms with van der Waals surface area (Å²) < 4.78 is 1.06. The van der Waals surface area contributed by atoms with Crippen LogP contribution in [0.4, 0.5) is 0 Å². The van der Waals surface area contributed by atoms with E-state index in [9.17, 15) is 4.79 Å². The van der Waals surface area contributed by atoms with Crippen LogP contribution >= 0.6 is 27.3 Å². The highest BCUT2D eigenvalue weighted by Gasteiger charge is 2.14. The van der Waals surface area contributed by atoms with Gasteiger partial charge >= 0.3 is 0 Å². The fraction of sp³-hybridized carbons (Fsp3) is 0.143. The molecule has 0 saturated carbocycles. The summed E-state index contributed by atoms with van der Waals surface area (Å²) in [7, 11) is 0. The monoisotopic (exact) mass is 349 g/mol. The third-order valence-corrected chi connectivity index (χ3v) is 4.61. The maximum Gasteiger partial charge on any atom is 0.272 e. The molecule has 0 bridgehead atoms. The minimum atomic E-state index is -0.161. The van der Waals surface area contributed by atoms with Gasteiger partial charge in [-0.3, -0.25) is 9.89 Å². The van der Waals surface area contributed by atoms with Gasteiger partial charge in [-0.25, -0.2) is 0 Å². The van der Waals surface area contributed by atoms with Gasteiger partial charge in [0.05, 0.1) is 15.8 Å². The van der Waals surface area contributed by atoms with Gasteiger partial charge in [-0.1, -0.05) is 11.6 Å². The Bertz CT molecular complexity index is 778. The van der Waals surface area contributed by atoms with Gasteiger partial charge < -0.3 is 5.32 Å². The second kappa shape index (κ2) is 5.38. The third-order valence-electron chi connectivity index (χ3n) is 2.99. The van der Waals surface area contributed by atoms with Crippen LogP contribution in [0.3, 0.4) is 0 Å². The number of hydrogen-bond donors (Lipinski definition) is 2. The molecule has 0 radical (unpaired) electrons. The minimum absolute atomic E-state index is 0.161. The number of aromatic amines is 1. The average Bonchev–Trinajstić information content (AvgIpc) is 3.02. The van der Waals surface area contributed by atoms with E-state index in [0.717, 1.165) is 25.1 Å². The first-order valence-corrected chi connectivity index (χ1v) is 7.71. The smallest absolute Gasteiger partial charge is 0.272 e. The molecule has 0 fully saturated rings. The Labute approximate surface area is 128 Å². The second-order valence-corrected chi connectivity index (χ2v) is 7.06. The molecule has 0 saturated heterocycles. The molecule has 0 aliphatic heterocycles. The molecular formula is C14H12BrN3OS. The third kappa shape index (κ3) is 2.62. The maximum atomic E-state index is 12.2. The Hall–Kier alpha value is -1.66. The molecule has 2 aromatic heterocycles. The maximum absolute atomic E-state index is 12.2. The fourth-order valence-corrected chi connectivity index (χ4v) is 3.42. The van der Waals surface area contributed by atoms with Gasteiger partial charge in [0.2, 0.25) is 0 Å². The van der Waals surface area contributed by atoms with E-state index in [4.69, 9.17) is 0 Å². The van der Waals surface area contributed by atoms with E-state index >= 15 is 0 Å². The molecule has 0 unspecified atom stereocenters. The van der Waals surface area contributed by atoms with E-state index in [1.807, 2.05) is 37.3 Å². The van der Waals surface area contributed by atoms with Crippen molar-refractivity contribution in [2.75, 3.05) is 0 Å². The summed E-state index contributed by atoms with van der Waals surface area (Å²) in [5.74, 6) is -0.161. The van der Waals surface area contributed by atoms with E-state index in [1.165, 1.54) is 0 Å². The SMILES string of the molecule is Cc1ccc2[nH]nc(C(=O)NCc3ccc(Br)s3)c2c1. The summed E-state index contributed by atoms with van der Waals surface area (Å²) in [5, 5.41) is 10.7. The van der Waals surface area contributed by atoms with Crippen molar-refractivity contribution < 1.29 is 4.79 Å². The molecule has 6 heteroatoms. The van der Waals surface area contributed by atoms with E-state index in [1.54, 1.807) is 11.3 Å². The quantitative estimate of drug-likeness (QED) is 0.758. The molecule has 2 heterocycles. The van der Waals surface area contributed by atoms with Crippen LogP contribution < -0.4 is 5.32 Å². The highest BCUT2D eigenvalue weighted by molar-refractivity contribution is 9.11. The van der Waals surface area contributed by atoms with Crippen molar-refractivity contribution in [3.05, 3.63) is 50.3 Å². The summed E-state index contributed by atoms with van der Waals surface area (Å²) in [4.78, 5) is 13.3. The number of H-pyrrole nitrogens is 1. The molecule has 0 aliphatic carbocycles. The molecule has 3 aromatic rings. The lowest BCUT2D eigenvalue weighted by Gasteiger charge is -2.01. The van der Waals surface area contributed by atoms with Gasteiger partial charge in [0.25, 0.3) is 5.91 Å². The summed E-state index contributed by atoms with van der Waals surface area (Å²) in [6.45, 7) is 2.51. The molecular weight excluding hydrogens is 338 g/mol. The normalized spacial score (nSPS) is 10.9. The summed E-state index contributed by atoms with van der Waals surface area (Å²) in [6, 6.07) is 9.85. The summed E-state index contributed by atoms with van der Waals surface area (Å²) in [5.41, 5.74) is 2.43. The number of aryl methyl sites for hydroxylation is 1. The zero-order valence-electron chi connectivity index (χ0n) is 10.7. The molecule has 102 valence electrons. The van der Waals surface area contributed by atoms with Gasteiger partial charge in [-0.15, -0.1) is 11.3 Å². The summed E-state index contributed by atoms with van der Waals surface area (Å²) in [6.07, 6.45) is 0. The topological polar surface area (TPSA) is 57.8 Å². The minimum Gasteiger partial charge on any atom is -0.346 e. The van der Waals surface area contributed by atoms with Crippen molar-refractivity contribution in [1.82, 2.24) is 15.5 Å². The molecule has 0 atom stereocenters. The molecule has 4 nitrogen and oxygen atoms in total. The van der Waals surface area contributed by atoms with Crippen LogP contribution in [0.1, 0.15) is 20.9 Å². The lowest BCUT2D eigenvalue weighted by Crippen LogP contribution is -2.22. The van der Waals surface area contributed by atoms with Gasteiger partial charge in [0.15, 0.2) is 5.69 Å². The predicted octanol–water partition coefficient (Wildman–Crippen LogP) is 3.63. The first kappa shape index (κ1) is 13.3. The van der Waals surface area contributed by atoms with Gasteiger partial charge in [-0.2, -0.15) is 5.10 Å². The Morgan fingerprint density at radius 3 is 3.00 bits per heavy atom. The lowest BCUT2D eigenvalue weighted by molar-refractivity contribution is 0.0948. The van der Waals surface area contributed by atoms with Crippen LogP contribution in [0, 0.1) is 6.92 Å². The number of fused-ring (bicyclic) bond motifs is 1. The Morgan fingerprint density at radius 1 is 1.40 bits per heavy atom. The number of nitrogens with zero attached hydrogens (tertiary/aromatic N) is 1. The number of amides is 1. The highest BCUT2D eigenvalue weighted by Crippen LogP contribution is 2.22. The van der Waals surface area contributed by atoms with Crippen molar-refractivity contribution >= 4 is 44.1 Å². The number of aromatic nitrogens is 2. The Balaban J connectivity index is 1.80. The number of benzene rings is 1. The number of carbonyl (C=O) groups is 1. The van der Waals surface area contributed by atoms with Gasteiger partial charge in [0.1, 0.15) is 0 Å². The number of nitrogens with one attached hydrogen (secondary N) is 2.